The normalized spacial score (nSPS) is 28.4. The van der Waals surface area contributed by atoms with Crippen LogP contribution >= 0.6 is 0 Å². The van der Waals surface area contributed by atoms with Gasteiger partial charge in [0.1, 0.15) is 6.10 Å². The lowest BCUT2D eigenvalue weighted by molar-refractivity contribution is -0.134. The molecule has 0 aliphatic heterocycles. The van der Waals surface area contributed by atoms with Crippen LogP contribution in [0.5, 0.6) is 0 Å². The molecule has 0 amide bonds. The highest BCUT2D eigenvalue weighted by molar-refractivity contribution is 5.86. The van der Waals surface area contributed by atoms with Gasteiger partial charge in [0.05, 0.1) is 0 Å². The lowest BCUT2D eigenvalue weighted by Gasteiger charge is -2.29. The molecule has 0 aromatic heterocycles. The summed E-state index contributed by atoms with van der Waals surface area (Å²) in [7, 11) is 0. The van der Waals surface area contributed by atoms with Crippen molar-refractivity contribution in [3.63, 3.8) is 0 Å². The smallest absolute Gasteiger partial charge is 0.165 e. The molecular weight excluding hydrogens is 178 g/mol. The molecule has 1 aliphatic carbocycles. The van der Waals surface area contributed by atoms with E-state index in [-0.39, 0.29) is 11.7 Å². The molecule has 14 heavy (non-hydrogen) atoms. The van der Waals surface area contributed by atoms with Gasteiger partial charge < -0.3 is 10.0 Å². The molecule has 0 bridgehead atoms. The topological polar surface area (TPSA) is 40.5 Å². The third-order valence-corrected chi connectivity index (χ3v) is 3.13. The third-order valence-electron chi connectivity index (χ3n) is 3.13. The maximum absolute atomic E-state index is 11.6. The molecule has 1 fully saturated rings. The summed E-state index contributed by atoms with van der Waals surface area (Å²) in [5.74, 6) is 0.127. The first-order valence-corrected chi connectivity index (χ1v) is 5.63. The molecule has 1 aliphatic rings. The SMILES string of the molecule is CCN(CC)C[C@@H]1CCC[C@H](O)C1=O. The van der Waals surface area contributed by atoms with Gasteiger partial charge in [0.2, 0.25) is 0 Å². The molecule has 0 saturated heterocycles. The van der Waals surface area contributed by atoms with Gasteiger partial charge in [-0.25, -0.2) is 0 Å². The van der Waals surface area contributed by atoms with Crippen LogP contribution in [0.1, 0.15) is 33.1 Å². The van der Waals surface area contributed by atoms with Crippen LogP contribution in [0.2, 0.25) is 0 Å². The van der Waals surface area contributed by atoms with Crippen molar-refractivity contribution in [3.8, 4) is 0 Å². The molecule has 0 aromatic carbocycles. The lowest BCUT2D eigenvalue weighted by atomic mass is 9.85. The Morgan fingerprint density at radius 3 is 2.57 bits per heavy atom. The van der Waals surface area contributed by atoms with Crippen LogP contribution < -0.4 is 0 Å². The van der Waals surface area contributed by atoms with E-state index < -0.39 is 6.10 Å². The number of nitrogens with zero attached hydrogens (tertiary/aromatic N) is 1. The molecule has 0 spiro atoms. The number of aliphatic hydroxyl groups excluding tert-OH is 1. The minimum absolute atomic E-state index is 0.0585. The molecule has 82 valence electrons. The zero-order valence-corrected chi connectivity index (χ0v) is 9.20. The molecule has 3 nitrogen and oxygen atoms in total. The van der Waals surface area contributed by atoms with Gasteiger partial charge >= 0.3 is 0 Å². The number of Topliss-reactive ketones (excluding diaryl/α,β-unsaturated/α-hetero) is 1. The molecule has 0 heterocycles. The molecular formula is C11H21NO2. The van der Waals surface area contributed by atoms with Gasteiger partial charge in [0, 0.05) is 12.5 Å². The fraction of sp³-hybridized carbons (Fsp3) is 0.909. The summed E-state index contributed by atoms with van der Waals surface area (Å²) in [5, 5.41) is 9.44. The van der Waals surface area contributed by atoms with Crippen molar-refractivity contribution in [2.45, 2.75) is 39.2 Å². The number of hydrogen-bond donors (Lipinski definition) is 1. The first kappa shape index (κ1) is 11.7. The van der Waals surface area contributed by atoms with E-state index >= 15 is 0 Å². The highest BCUT2D eigenvalue weighted by Crippen LogP contribution is 2.21. The third kappa shape index (κ3) is 2.79. The van der Waals surface area contributed by atoms with Gasteiger partial charge in [-0.2, -0.15) is 0 Å². The predicted molar refractivity (Wildman–Crippen MR) is 56.1 cm³/mol. The maximum Gasteiger partial charge on any atom is 0.165 e. The van der Waals surface area contributed by atoms with Crippen LogP contribution in [0.25, 0.3) is 0 Å². The van der Waals surface area contributed by atoms with Crippen LogP contribution in [-0.2, 0) is 4.79 Å². The molecule has 0 unspecified atom stereocenters. The van der Waals surface area contributed by atoms with E-state index in [0.717, 1.165) is 32.5 Å². The summed E-state index contributed by atoms with van der Waals surface area (Å²) in [6.45, 7) is 7.00. The van der Waals surface area contributed by atoms with Crippen LogP contribution in [0.4, 0.5) is 0 Å². The average molecular weight is 199 g/mol. The monoisotopic (exact) mass is 199 g/mol. The Balaban J connectivity index is 2.46. The highest BCUT2D eigenvalue weighted by atomic mass is 16.3. The molecule has 0 aromatic rings. The number of carbonyl (C=O) groups excluding carboxylic acids is 1. The Hall–Kier alpha value is -0.410. The molecule has 0 radical (unpaired) electrons. The zero-order chi connectivity index (χ0) is 10.6. The summed E-state index contributed by atoms with van der Waals surface area (Å²) < 4.78 is 0. The van der Waals surface area contributed by atoms with Gasteiger partial charge in [0.25, 0.3) is 0 Å². The largest absolute Gasteiger partial charge is 0.385 e. The van der Waals surface area contributed by atoms with Crippen LogP contribution in [0.15, 0.2) is 0 Å². The Morgan fingerprint density at radius 1 is 1.36 bits per heavy atom. The number of hydrogen-bond acceptors (Lipinski definition) is 3. The summed E-state index contributed by atoms with van der Waals surface area (Å²) in [6, 6.07) is 0. The van der Waals surface area contributed by atoms with E-state index in [1.54, 1.807) is 0 Å². The second kappa shape index (κ2) is 5.47. The van der Waals surface area contributed by atoms with E-state index in [9.17, 15) is 9.90 Å². The van der Waals surface area contributed by atoms with Gasteiger partial charge in [-0.05, 0) is 32.4 Å². The van der Waals surface area contributed by atoms with E-state index in [1.807, 2.05) is 0 Å². The molecule has 1 saturated carbocycles. The fourth-order valence-electron chi connectivity index (χ4n) is 2.09. The van der Waals surface area contributed by atoms with Crippen molar-refractivity contribution >= 4 is 5.78 Å². The van der Waals surface area contributed by atoms with Crippen LogP contribution in [0.3, 0.4) is 0 Å². The quantitative estimate of drug-likeness (QED) is 0.736. The summed E-state index contributed by atoms with van der Waals surface area (Å²) in [4.78, 5) is 13.9. The first-order chi connectivity index (χ1) is 6.69. The average Bonchev–Trinajstić information content (AvgIpc) is 2.20. The standard InChI is InChI=1S/C11H21NO2/c1-3-12(4-2)8-9-6-5-7-10(13)11(9)14/h9-10,13H,3-8H2,1-2H3/t9-,10-/m0/s1. The molecule has 2 atom stereocenters. The number of aliphatic hydroxyl groups is 1. The van der Waals surface area contributed by atoms with Crippen molar-refractivity contribution < 1.29 is 9.90 Å². The van der Waals surface area contributed by atoms with E-state index in [2.05, 4.69) is 18.7 Å². The van der Waals surface area contributed by atoms with Crippen molar-refractivity contribution in [2.75, 3.05) is 19.6 Å². The van der Waals surface area contributed by atoms with Crippen LogP contribution in [-0.4, -0.2) is 41.5 Å². The first-order valence-electron chi connectivity index (χ1n) is 5.63. The molecule has 1 rings (SSSR count). The van der Waals surface area contributed by atoms with Gasteiger partial charge in [-0.15, -0.1) is 0 Å². The zero-order valence-electron chi connectivity index (χ0n) is 9.20. The number of carbonyl (C=O) groups is 1. The van der Waals surface area contributed by atoms with Crippen molar-refractivity contribution in [1.29, 1.82) is 0 Å². The minimum atomic E-state index is -0.690. The second-order valence-corrected chi connectivity index (χ2v) is 4.03. The van der Waals surface area contributed by atoms with Gasteiger partial charge in [-0.1, -0.05) is 13.8 Å². The Kier molecular flexibility index (Phi) is 4.55. The fourth-order valence-corrected chi connectivity index (χ4v) is 2.09. The Morgan fingerprint density at radius 2 is 2.00 bits per heavy atom. The highest BCUT2D eigenvalue weighted by Gasteiger charge is 2.30. The summed E-state index contributed by atoms with van der Waals surface area (Å²) >= 11 is 0. The lowest BCUT2D eigenvalue weighted by Crippen LogP contribution is -2.40. The van der Waals surface area contributed by atoms with Crippen molar-refractivity contribution in [1.82, 2.24) is 4.90 Å². The van der Waals surface area contributed by atoms with E-state index in [4.69, 9.17) is 0 Å². The minimum Gasteiger partial charge on any atom is -0.385 e. The van der Waals surface area contributed by atoms with Crippen LogP contribution in [0, 0.1) is 5.92 Å². The summed E-state index contributed by atoms with van der Waals surface area (Å²) in [5.41, 5.74) is 0. The van der Waals surface area contributed by atoms with Crippen molar-refractivity contribution in [3.05, 3.63) is 0 Å². The Labute approximate surface area is 86.1 Å². The second-order valence-electron chi connectivity index (χ2n) is 4.03. The van der Waals surface area contributed by atoms with Gasteiger partial charge in [0.15, 0.2) is 5.78 Å². The predicted octanol–water partition coefficient (Wildman–Crippen LogP) is 1.06. The van der Waals surface area contributed by atoms with Gasteiger partial charge in [-0.3, -0.25) is 4.79 Å². The number of ketones is 1. The number of rotatable bonds is 4. The maximum atomic E-state index is 11.6. The van der Waals surface area contributed by atoms with E-state index in [1.165, 1.54) is 0 Å². The van der Waals surface area contributed by atoms with E-state index in [0.29, 0.717) is 6.42 Å². The molecule has 3 heteroatoms. The molecule has 1 N–H and O–H groups in total. The summed E-state index contributed by atoms with van der Waals surface area (Å²) in [6.07, 6.45) is 1.91. The Bertz CT molecular complexity index is 190. The van der Waals surface area contributed by atoms with Crippen molar-refractivity contribution in [2.24, 2.45) is 5.92 Å².